The summed E-state index contributed by atoms with van der Waals surface area (Å²) in [7, 11) is -2.73. The van der Waals surface area contributed by atoms with Crippen LogP contribution in [0.2, 0.25) is 0 Å². The highest BCUT2D eigenvalue weighted by molar-refractivity contribution is 7.69. The van der Waals surface area contributed by atoms with E-state index in [4.69, 9.17) is 9.47 Å². The van der Waals surface area contributed by atoms with Gasteiger partial charge in [-0.15, -0.1) is 0 Å². The highest BCUT2D eigenvalue weighted by atomic mass is 31.2. The molecule has 0 spiro atoms. The van der Waals surface area contributed by atoms with Crippen LogP contribution in [0.25, 0.3) is 0 Å². The van der Waals surface area contributed by atoms with Crippen LogP contribution in [-0.4, -0.2) is 43.1 Å². The van der Waals surface area contributed by atoms with E-state index in [0.717, 1.165) is 23.9 Å². The Hall–Kier alpha value is -1.32. The molecule has 1 saturated heterocycles. The van der Waals surface area contributed by atoms with Crippen molar-refractivity contribution >= 4 is 18.6 Å². The van der Waals surface area contributed by atoms with Gasteiger partial charge in [-0.25, -0.2) is 4.67 Å². The van der Waals surface area contributed by atoms with Crippen LogP contribution < -0.4 is 10.0 Å². The van der Waals surface area contributed by atoms with Gasteiger partial charge >= 0.3 is 5.97 Å². The van der Waals surface area contributed by atoms with E-state index in [2.05, 4.69) is 13.8 Å². The molecular formula is C18H28NO4P. The van der Waals surface area contributed by atoms with Crippen LogP contribution in [0, 0.1) is 5.92 Å². The number of ether oxygens (including phenoxy) is 2. The maximum Gasteiger partial charge on any atom is 0.320 e. The highest BCUT2D eigenvalue weighted by Gasteiger charge is 2.36. The van der Waals surface area contributed by atoms with Crippen molar-refractivity contribution in [1.29, 1.82) is 0 Å². The van der Waals surface area contributed by atoms with E-state index in [1.54, 1.807) is 6.92 Å². The molecule has 1 aromatic carbocycles. The van der Waals surface area contributed by atoms with Gasteiger partial charge < -0.3 is 14.0 Å². The van der Waals surface area contributed by atoms with Gasteiger partial charge in [0.15, 0.2) is 7.29 Å². The average molecular weight is 353 g/mol. The van der Waals surface area contributed by atoms with E-state index in [1.807, 2.05) is 28.9 Å². The van der Waals surface area contributed by atoms with Crippen LogP contribution in [0.1, 0.15) is 33.6 Å². The van der Waals surface area contributed by atoms with Crippen molar-refractivity contribution in [2.45, 2.75) is 33.6 Å². The zero-order chi connectivity index (χ0) is 17.6. The van der Waals surface area contributed by atoms with E-state index < -0.39 is 7.29 Å². The van der Waals surface area contributed by atoms with Gasteiger partial charge in [0.05, 0.1) is 13.2 Å². The Kier molecular flexibility index (Phi) is 6.88. The van der Waals surface area contributed by atoms with Crippen LogP contribution in [-0.2, 0) is 14.1 Å². The van der Waals surface area contributed by atoms with Gasteiger partial charge in [-0.05, 0) is 49.9 Å². The van der Waals surface area contributed by atoms with Gasteiger partial charge in [0.25, 0.3) is 0 Å². The molecule has 1 unspecified atom stereocenters. The summed E-state index contributed by atoms with van der Waals surface area (Å²) in [4.78, 5) is 11.8. The first-order valence-electron chi connectivity index (χ1n) is 8.69. The third-order valence-electron chi connectivity index (χ3n) is 4.02. The molecule has 1 atom stereocenters. The van der Waals surface area contributed by atoms with Crippen molar-refractivity contribution in [2.24, 2.45) is 5.92 Å². The van der Waals surface area contributed by atoms with Crippen molar-refractivity contribution in [3.05, 3.63) is 24.3 Å². The number of carbonyl (C=O) groups is 1. The lowest BCUT2D eigenvalue weighted by Gasteiger charge is -2.35. The first-order valence-corrected chi connectivity index (χ1v) is 10.5. The van der Waals surface area contributed by atoms with Gasteiger partial charge in [0.2, 0.25) is 0 Å². The van der Waals surface area contributed by atoms with E-state index in [1.165, 1.54) is 0 Å². The quantitative estimate of drug-likeness (QED) is 0.556. The number of carbonyl (C=O) groups excluding carboxylic acids is 1. The minimum atomic E-state index is -2.73. The summed E-state index contributed by atoms with van der Waals surface area (Å²) in [5, 5.41) is 0.795. The van der Waals surface area contributed by atoms with Crippen LogP contribution >= 0.6 is 7.29 Å². The average Bonchev–Trinajstić information content (AvgIpc) is 2.56. The minimum Gasteiger partial charge on any atom is -0.493 e. The van der Waals surface area contributed by atoms with E-state index in [9.17, 15) is 9.36 Å². The van der Waals surface area contributed by atoms with E-state index in [0.29, 0.717) is 31.8 Å². The molecule has 2 rings (SSSR count). The molecule has 1 fully saturated rings. The van der Waals surface area contributed by atoms with Crippen LogP contribution in [0.3, 0.4) is 0 Å². The lowest BCUT2D eigenvalue weighted by atomic mass is 10.2. The normalized spacial score (nSPS) is 21.7. The van der Waals surface area contributed by atoms with E-state index >= 15 is 0 Å². The molecule has 1 heterocycles. The van der Waals surface area contributed by atoms with Crippen LogP contribution in [0.5, 0.6) is 5.75 Å². The highest BCUT2D eigenvalue weighted by Crippen LogP contribution is 2.51. The third kappa shape index (κ3) is 4.84. The molecule has 1 aliphatic heterocycles. The number of esters is 1. The Morgan fingerprint density at radius 3 is 2.58 bits per heavy atom. The largest absolute Gasteiger partial charge is 0.493 e. The summed E-state index contributed by atoms with van der Waals surface area (Å²) in [6, 6.07) is 7.49. The van der Waals surface area contributed by atoms with Crippen molar-refractivity contribution in [2.75, 3.05) is 32.5 Å². The van der Waals surface area contributed by atoms with Crippen LogP contribution in [0.4, 0.5) is 0 Å². The van der Waals surface area contributed by atoms with Crippen LogP contribution in [0.15, 0.2) is 24.3 Å². The third-order valence-corrected chi connectivity index (χ3v) is 7.31. The van der Waals surface area contributed by atoms with Gasteiger partial charge in [-0.3, -0.25) is 4.79 Å². The zero-order valence-corrected chi connectivity index (χ0v) is 15.8. The van der Waals surface area contributed by atoms with Gasteiger partial charge in [-0.2, -0.15) is 0 Å². The molecule has 0 radical (unpaired) electrons. The fourth-order valence-corrected chi connectivity index (χ4v) is 5.75. The van der Waals surface area contributed by atoms with Crippen molar-refractivity contribution in [3.63, 3.8) is 0 Å². The summed E-state index contributed by atoms with van der Waals surface area (Å²) in [5.74, 6) is 0.936. The van der Waals surface area contributed by atoms with Gasteiger partial charge in [0.1, 0.15) is 12.3 Å². The lowest BCUT2D eigenvalue weighted by molar-refractivity contribution is -0.143. The molecule has 0 aromatic heterocycles. The Labute approximate surface area is 144 Å². The van der Waals surface area contributed by atoms with Gasteiger partial charge in [-0.1, -0.05) is 13.8 Å². The standard InChI is InChI=1S/C18H28NO4P/c1-4-22-18(20)13-19-11-5-6-12-24(19,21)17-9-7-16(8-10-17)23-14-15(2)3/h7-10,15H,4-6,11-14H2,1-3H3. The molecule has 134 valence electrons. The lowest BCUT2D eigenvalue weighted by Crippen LogP contribution is -2.36. The van der Waals surface area contributed by atoms with Crippen molar-refractivity contribution < 1.29 is 18.8 Å². The molecule has 5 nitrogen and oxygen atoms in total. The fraction of sp³-hybridized carbons (Fsp3) is 0.611. The Balaban J connectivity index is 2.13. The molecule has 0 amide bonds. The Morgan fingerprint density at radius 1 is 1.25 bits per heavy atom. The summed E-state index contributed by atoms with van der Waals surface area (Å²) < 4.78 is 26.1. The SMILES string of the molecule is CCOC(=O)CN1CCCCP1(=O)c1ccc(OCC(C)C)cc1. The molecule has 0 saturated carbocycles. The second-order valence-corrected chi connectivity index (χ2v) is 9.46. The summed E-state index contributed by atoms with van der Waals surface area (Å²) >= 11 is 0. The summed E-state index contributed by atoms with van der Waals surface area (Å²) in [6.45, 7) is 7.75. The molecule has 0 bridgehead atoms. The number of benzene rings is 1. The maximum absolute atomic E-state index is 13.6. The van der Waals surface area contributed by atoms with E-state index in [-0.39, 0.29) is 12.5 Å². The van der Waals surface area contributed by atoms with Crippen molar-refractivity contribution in [3.8, 4) is 5.75 Å². The molecule has 0 N–H and O–H groups in total. The first-order chi connectivity index (χ1) is 11.5. The molecule has 0 aliphatic carbocycles. The second-order valence-electron chi connectivity index (χ2n) is 6.52. The summed E-state index contributed by atoms with van der Waals surface area (Å²) in [5.41, 5.74) is 0. The molecule has 1 aliphatic rings. The predicted molar refractivity (Wildman–Crippen MR) is 96.3 cm³/mol. The monoisotopic (exact) mass is 353 g/mol. The predicted octanol–water partition coefficient (Wildman–Crippen LogP) is 3.28. The molecule has 1 aromatic rings. The second kappa shape index (κ2) is 8.68. The molecule has 24 heavy (non-hydrogen) atoms. The Morgan fingerprint density at radius 2 is 1.96 bits per heavy atom. The number of hydrogen-bond donors (Lipinski definition) is 0. The number of hydrogen-bond acceptors (Lipinski definition) is 4. The fourth-order valence-electron chi connectivity index (χ4n) is 2.80. The van der Waals surface area contributed by atoms with Gasteiger partial charge in [0, 0.05) is 18.0 Å². The number of nitrogens with zero attached hydrogens (tertiary/aromatic N) is 1. The topological polar surface area (TPSA) is 55.8 Å². The molecular weight excluding hydrogens is 325 g/mol. The first kappa shape index (κ1) is 19.0. The zero-order valence-electron chi connectivity index (χ0n) is 14.9. The Bertz CT molecular complexity index is 585. The minimum absolute atomic E-state index is 0.0940. The molecule has 6 heteroatoms. The maximum atomic E-state index is 13.6. The summed E-state index contributed by atoms with van der Waals surface area (Å²) in [6.07, 6.45) is 2.49. The smallest absolute Gasteiger partial charge is 0.320 e. The number of rotatable bonds is 7. The van der Waals surface area contributed by atoms with Crippen molar-refractivity contribution in [1.82, 2.24) is 4.67 Å².